The van der Waals surface area contributed by atoms with Crippen LogP contribution < -0.4 is 16.4 Å². The first-order chi connectivity index (χ1) is 16.4. The minimum Gasteiger partial charge on any atom is -0.508 e. The maximum Gasteiger partial charge on any atom is 0.326 e. The molecule has 0 saturated carbocycles. The Morgan fingerprint density at radius 2 is 1.71 bits per heavy atom. The summed E-state index contributed by atoms with van der Waals surface area (Å²) in [6, 6.07) is 0.382. The average Bonchev–Trinajstić information content (AvgIpc) is 3.27. The first kappa shape index (κ1) is 27.5. The van der Waals surface area contributed by atoms with Crippen LogP contribution in [0.2, 0.25) is 0 Å². The van der Waals surface area contributed by atoms with E-state index in [1.54, 1.807) is 0 Å². The molecule has 1 aliphatic heterocycles. The number of carbonyl (C=O) groups excluding carboxylic acids is 3. The lowest BCUT2D eigenvalue weighted by Gasteiger charge is -2.30. The van der Waals surface area contributed by atoms with Gasteiger partial charge in [0.25, 0.3) is 0 Å². The van der Waals surface area contributed by atoms with E-state index >= 15 is 0 Å². The molecular weight excluding hydrogens is 464 g/mol. The van der Waals surface area contributed by atoms with E-state index in [9.17, 15) is 39.3 Å². The number of carboxylic acids is 2. The smallest absolute Gasteiger partial charge is 0.326 e. The standard InChI is InChI=1S/C22H30N4O9/c1-11(27)18(21(33)26-8-2-3-16(26)22(34)35)25-20(32)15(9-12-4-6-13(28)7-5-12)24-19(31)14(23)10-17(29)30/h4-7,11,14-16,18,27-28H,2-3,8-10,23H2,1H3,(H,24,31)(H,25,32)(H,29,30)(H,34,35). The second-order valence-electron chi connectivity index (χ2n) is 8.39. The number of hydrogen-bond acceptors (Lipinski definition) is 8. The van der Waals surface area contributed by atoms with Gasteiger partial charge in [0, 0.05) is 13.0 Å². The van der Waals surface area contributed by atoms with Gasteiger partial charge in [-0.05, 0) is 37.5 Å². The number of carboxylic acid groups (broad SMARTS) is 2. The van der Waals surface area contributed by atoms with Crippen LogP contribution in [0.15, 0.2) is 24.3 Å². The fraction of sp³-hybridized carbons (Fsp3) is 0.500. The molecule has 0 bridgehead atoms. The summed E-state index contributed by atoms with van der Waals surface area (Å²) < 4.78 is 0. The molecule has 1 aromatic rings. The molecule has 5 atom stereocenters. The second-order valence-corrected chi connectivity index (χ2v) is 8.39. The molecule has 0 spiro atoms. The van der Waals surface area contributed by atoms with Gasteiger partial charge in [-0.1, -0.05) is 12.1 Å². The zero-order valence-corrected chi connectivity index (χ0v) is 19.1. The lowest BCUT2D eigenvalue weighted by atomic mass is 10.0. The quantitative estimate of drug-likeness (QED) is 0.182. The van der Waals surface area contributed by atoms with Crippen molar-refractivity contribution < 1.29 is 44.4 Å². The van der Waals surface area contributed by atoms with Crippen molar-refractivity contribution in [1.29, 1.82) is 0 Å². The highest BCUT2D eigenvalue weighted by atomic mass is 16.4. The van der Waals surface area contributed by atoms with Crippen LogP contribution in [-0.4, -0.2) is 91.8 Å². The van der Waals surface area contributed by atoms with Crippen LogP contribution >= 0.6 is 0 Å². The van der Waals surface area contributed by atoms with E-state index in [4.69, 9.17) is 10.8 Å². The lowest BCUT2D eigenvalue weighted by Crippen LogP contribution is -2.60. The van der Waals surface area contributed by atoms with E-state index in [1.165, 1.54) is 31.2 Å². The number of hydrogen-bond donors (Lipinski definition) is 7. The highest BCUT2D eigenvalue weighted by Crippen LogP contribution is 2.19. The van der Waals surface area contributed by atoms with Gasteiger partial charge in [-0.2, -0.15) is 0 Å². The Morgan fingerprint density at radius 1 is 1.09 bits per heavy atom. The van der Waals surface area contributed by atoms with Crippen molar-refractivity contribution in [1.82, 2.24) is 15.5 Å². The number of aliphatic hydroxyl groups is 1. The van der Waals surface area contributed by atoms with Crippen molar-refractivity contribution in [2.45, 2.75) is 62.9 Å². The van der Waals surface area contributed by atoms with Crippen LogP contribution in [0.1, 0.15) is 31.7 Å². The van der Waals surface area contributed by atoms with Gasteiger partial charge in [0.15, 0.2) is 0 Å². The number of nitrogens with one attached hydrogen (secondary N) is 2. The van der Waals surface area contributed by atoms with Gasteiger partial charge in [0.1, 0.15) is 23.9 Å². The molecule has 0 radical (unpaired) electrons. The molecule has 0 aromatic heterocycles. The van der Waals surface area contributed by atoms with Crippen LogP contribution in [0.5, 0.6) is 5.75 Å². The molecule has 13 heteroatoms. The zero-order valence-electron chi connectivity index (χ0n) is 19.1. The summed E-state index contributed by atoms with van der Waals surface area (Å²) in [5.41, 5.74) is 6.10. The van der Waals surface area contributed by atoms with Crippen LogP contribution in [0.25, 0.3) is 0 Å². The Hall–Kier alpha value is -3.71. The Bertz CT molecular complexity index is 951. The number of aromatic hydroxyl groups is 1. The minimum atomic E-state index is -1.49. The third-order valence-corrected chi connectivity index (χ3v) is 5.61. The first-order valence-electron chi connectivity index (χ1n) is 11.0. The number of benzene rings is 1. The maximum atomic E-state index is 13.1. The number of phenolic OH excluding ortho intramolecular Hbond substituents is 1. The van der Waals surface area contributed by atoms with Crippen molar-refractivity contribution >= 4 is 29.7 Å². The molecule has 5 unspecified atom stereocenters. The summed E-state index contributed by atoms with van der Waals surface area (Å²) >= 11 is 0. The largest absolute Gasteiger partial charge is 0.508 e. The highest BCUT2D eigenvalue weighted by Gasteiger charge is 2.40. The van der Waals surface area contributed by atoms with Gasteiger partial charge in [0.2, 0.25) is 17.7 Å². The third-order valence-electron chi connectivity index (χ3n) is 5.61. The average molecular weight is 495 g/mol. The molecule has 2 rings (SSSR count). The topological polar surface area (TPSA) is 220 Å². The zero-order chi connectivity index (χ0) is 26.3. The van der Waals surface area contributed by atoms with Crippen molar-refractivity contribution in [3.8, 4) is 5.75 Å². The molecule has 192 valence electrons. The Kier molecular flexibility index (Phi) is 9.54. The summed E-state index contributed by atoms with van der Waals surface area (Å²) in [5.74, 6) is -5.12. The highest BCUT2D eigenvalue weighted by molar-refractivity contribution is 5.95. The molecule has 3 amide bonds. The minimum absolute atomic E-state index is 0.0272. The van der Waals surface area contributed by atoms with E-state index in [0.717, 1.165) is 4.90 Å². The fourth-order valence-corrected chi connectivity index (χ4v) is 3.75. The number of aliphatic hydroxyl groups excluding tert-OH is 1. The normalized spacial score (nSPS) is 18.7. The van der Waals surface area contributed by atoms with Crippen molar-refractivity contribution in [3.63, 3.8) is 0 Å². The summed E-state index contributed by atoms with van der Waals surface area (Å²) in [6.07, 6.45) is -1.49. The Labute approximate surface area is 200 Å². The predicted molar refractivity (Wildman–Crippen MR) is 120 cm³/mol. The summed E-state index contributed by atoms with van der Waals surface area (Å²) in [5, 5.41) is 42.6. The second kappa shape index (κ2) is 12.1. The Morgan fingerprint density at radius 3 is 2.26 bits per heavy atom. The number of phenols is 1. The maximum absolute atomic E-state index is 13.1. The third kappa shape index (κ3) is 7.65. The number of nitrogens with zero attached hydrogens (tertiary/aromatic N) is 1. The van der Waals surface area contributed by atoms with Crippen LogP contribution in [0.3, 0.4) is 0 Å². The van der Waals surface area contributed by atoms with Crippen LogP contribution in [0, 0.1) is 0 Å². The number of rotatable bonds is 11. The molecule has 8 N–H and O–H groups in total. The van der Waals surface area contributed by atoms with Gasteiger partial charge in [0.05, 0.1) is 18.6 Å². The van der Waals surface area contributed by atoms with E-state index in [0.29, 0.717) is 12.0 Å². The SMILES string of the molecule is CC(O)C(NC(=O)C(Cc1ccc(O)cc1)NC(=O)C(N)CC(=O)O)C(=O)N1CCCC1C(=O)O. The van der Waals surface area contributed by atoms with E-state index in [-0.39, 0.29) is 25.1 Å². The molecule has 0 aliphatic carbocycles. The molecule has 1 aromatic carbocycles. The summed E-state index contributed by atoms with van der Waals surface area (Å²) in [7, 11) is 0. The number of carbonyl (C=O) groups is 5. The van der Waals surface area contributed by atoms with Crippen LogP contribution in [-0.2, 0) is 30.4 Å². The summed E-state index contributed by atoms with van der Waals surface area (Å²) in [4.78, 5) is 61.9. The lowest BCUT2D eigenvalue weighted by molar-refractivity contribution is -0.150. The molecule has 1 aliphatic rings. The van der Waals surface area contributed by atoms with Crippen molar-refractivity contribution in [2.75, 3.05) is 6.54 Å². The van der Waals surface area contributed by atoms with E-state index in [1.807, 2.05) is 0 Å². The van der Waals surface area contributed by atoms with Gasteiger partial charge < -0.3 is 41.7 Å². The molecule has 1 heterocycles. The fourth-order valence-electron chi connectivity index (χ4n) is 3.75. The van der Waals surface area contributed by atoms with Crippen molar-refractivity contribution in [2.24, 2.45) is 5.73 Å². The predicted octanol–water partition coefficient (Wildman–Crippen LogP) is -1.84. The number of amides is 3. The van der Waals surface area contributed by atoms with E-state index in [2.05, 4.69) is 10.6 Å². The monoisotopic (exact) mass is 494 g/mol. The molecule has 1 saturated heterocycles. The molecule has 1 fully saturated rings. The first-order valence-corrected chi connectivity index (χ1v) is 11.0. The Balaban J connectivity index is 2.24. The van der Waals surface area contributed by atoms with E-state index < -0.39 is 66.4 Å². The van der Waals surface area contributed by atoms with Gasteiger partial charge in [-0.25, -0.2) is 4.79 Å². The van der Waals surface area contributed by atoms with Gasteiger partial charge in [-0.3, -0.25) is 19.2 Å². The molecule has 13 nitrogen and oxygen atoms in total. The van der Waals surface area contributed by atoms with Gasteiger partial charge >= 0.3 is 11.9 Å². The number of nitrogens with two attached hydrogens (primary N) is 1. The number of aliphatic carboxylic acids is 2. The summed E-state index contributed by atoms with van der Waals surface area (Å²) in [6.45, 7) is 1.40. The molecular formula is C22H30N4O9. The van der Waals surface area contributed by atoms with Crippen LogP contribution in [0.4, 0.5) is 0 Å². The van der Waals surface area contributed by atoms with Crippen molar-refractivity contribution in [3.05, 3.63) is 29.8 Å². The molecule has 35 heavy (non-hydrogen) atoms. The van der Waals surface area contributed by atoms with Gasteiger partial charge in [-0.15, -0.1) is 0 Å². The number of likely N-dealkylation sites (tertiary alicyclic amines) is 1.